The van der Waals surface area contributed by atoms with E-state index in [0.29, 0.717) is 11.5 Å². The van der Waals surface area contributed by atoms with Crippen LogP contribution in [0, 0.1) is 12.7 Å². The van der Waals surface area contributed by atoms with Crippen LogP contribution in [-0.4, -0.2) is 26.8 Å². The molecule has 0 saturated heterocycles. The zero-order valence-corrected chi connectivity index (χ0v) is 10.7. The van der Waals surface area contributed by atoms with Crippen molar-refractivity contribution >= 4 is 0 Å². The molecule has 2 rings (SSSR count). The second-order valence-electron chi connectivity index (χ2n) is 4.16. The first-order chi connectivity index (χ1) is 8.63. The summed E-state index contributed by atoms with van der Waals surface area (Å²) < 4.78 is 14.9. The Balaban J connectivity index is 2.45. The van der Waals surface area contributed by atoms with E-state index in [9.17, 15) is 4.39 Å². The summed E-state index contributed by atoms with van der Waals surface area (Å²) in [6.45, 7) is 6.70. The van der Waals surface area contributed by atoms with E-state index in [4.69, 9.17) is 0 Å². The van der Waals surface area contributed by atoms with Crippen molar-refractivity contribution in [1.82, 2.24) is 25.5 Å². The van der Waals surface area contributed by atoms with Crippen molar-refractivity contribution in [3.63, 3.8) is 0 Å². The number of rotatable bonds is 4. The summed E-state index contributed by atoms with van der Waals surface area (Å²) in [5.74, 6) is 0.374. The topological polar surface area (TPSA) is 55.6 Å². The van der Waals surface area contributed by atoms with Crippen LogP contribution in [0.5, 0.6) is 0 Å². The van der Waals surface area contributed by atoms with E-state index in [1.54, 1.807) is 10.7 Å². The molecule has 0 spiro atoms. The van der Waals surface area contributed by atoms with Gasteiger partial charge in [-0.25, -0.2) is 4.39 Å². The van der Waals surface area contributed by atoms with Crippen LogP contribution in [0.25, 0.3) is 5.69 Å². The molecule has 0 aliphatic heterocycles. The van der Waals surface area contributed by atoms with Gasteiger partial charge in [0.25, 0.3) is 0 Å². The van der Waals surface area contributed by atoms with Crippen LogP contribution in [0.15, 0.2) is 18.2 Å². The fraction of sp³-hybridized carbons (Fsp3) is 0.417. The number of aromatic nitrogens is 4. The first kappa shape index (κ1) is 12.6. The quantitative estimate of drug-likeness (QED) is 0.897. The molecule has 0 aliphatic rings. The van der Waals surface area contributed by atoms with Crippen molar-refractivity contribution in [3.05, 3.63) is 35.4 Å². The minimum Gasteiger partial charge on any atom is -0.308 e. The average molecular weight is 249 g/mol. The van der Waals surface area contributed by atoms with Crippen molar-refractivity contribution in [3.8, 4) is 5.69 Å². The highest BCUT2D eigenvalue weighted by atomic mass is 19.1. The van der Waals surface area contributed by atoms with E-state index >= 15 is 0 Å². The number of benzene rings is 1. The van der Waals surface area contributed by atoms with Crippen LogP contribution in [0.3, 0.4) is 0 Å². The summed E-state index contributed by atoms with van der Waals surface area (Å²) in [5.41, 5.74) is 1.59. The Labute approximate surface area is 105 Å². The molecule has 1 aromatic heterocycles. The fourth-order valence-corrected chi connectivity index (χ4v) is 1.84. The fourth-order valence-electron chi connectivity index (χ4n) is 1.84. The Morgan fingerprint density at radius 2 is 2.22 bits per heavy atom. The summed E-state index contributed by atoms with van der Waals surface area (Å²) >= 11 is 0. The van der Waals surface area contributed by atoms with Gasteiger partial charge in [-0.15, -0.1) is 5.10 Å². The SMILES string of the molecule is CCNC(C)c1nnnn1-c1cc(F)ccc1C. The van der Waals surface area contributed by atoms with Gasteiger partial charge in [0.1, 0.15) is 5.82 Å². The standard InChI is InChI=1S/C12H16FN5/c1-4-14-9(3)12-15-16-17-18(12)11-7-10(13)6-5-8(11)2/h5-7,9,14H,4H2,1-3H3. The maximum atomic E-state index is 13.3. The molecule has 6 heteroatoms. The molecule has 1 N–H and O–H groups in total. The highest BCUT2D eigenvalue weighted by Gasteiger charge is 2.16. The van der Waals surface area contributed by atoms with Crippen LogP contribution in [0.2, 0.25) is 0 Å². The van der Waals surface area contributed by atoms with Crippen molar-refractivity contribution in [2.75, 3.05) is 6.54 Å². The lowest BCUT2D eigenvalue weighted by Crippen LogP contribution is -2.21. The molecule has 0 aliphatic carbocycles. The maximum Gasteiger partial charge on any atom is 0.173 e. The predicted molar refractivity (Wildman–Crippen MR) is 65.9 cm³/mol. The molecule has 0 fully saturated rings. The summed E-state index contributed by atoms with van der Waals surface area (Å²) in [6.07, 6.45) is 0. The first-order valence-corrected chi connectivity index (χ1v) is 5.91. The molecule has 2 aromatic rings. The smallest absolute Gasteiger partial charge is 0.173 e. The third-order valence-corrected chi connectivity index (χ3v) is 2.79. The summed E-state index contributed by atoms with van der Waals surface area (Å²) in [4.78, 5) is 0. The summed E-state index contributed by atoms with van der Waals surface area (Å²) in [5, 5.41) is 14.8. The Bertz CT molecular complexity index is 537. The molecule has 0 saturated carbocycles. The van der Waals surface area contributed by atoms with E-state index in [-0.39, 0.29) is 11.9 Å². The Morgan fingerprint density at radius 3 is 2.94 bits per heavy atom. The maximum absolute atomic E-state index is 13.3. The second-order valence-corrected chi connectivity index (χ2v) is 4.16. The third-order valence-electron chi connectivity index (χ3n) is 2.79. The Morgan fingerprint density at radius 1 is 1.44 bits per heavy atom. The van der Waals surface area contributed by atoms with E-state index in [1.807, 2.05) is 20.8 Å². The number of nitrogens with zero attached hydrogens (tertiary/aromatic N) is 4. The van der Waals surface area contributed by atoms with Gasteiger partial charge in [0.2, 0.25) is 0 Å². The van der Waals surface area contributed by atoms with Crippen molar-refractivity contribution in [2.24, 2.45) is 0 Å². The van der Waals surface area contributed by atoms with Gasteiger partial charge in [-0.1, -0.05) is 13.0 Å². The minimum absolute atomic E-state index is 0.00710. The zero-order chi connectivity index (χ0) is 13.1. The molecule has 1 unspecified atom stereocenters. The molecular formula is C12H16FN5. The van der Waals surface area contributed by atoms with E-state index in [0.717, 1.165) is 12.1 Å². The highest BCUT2D eigenvalue weighted by Crippen LogP contribution is 2.18. The van der Waals surface area contributed by atoms with Gasteiger partial charge in [0.15, 0.2) is 5.82 Å². The lowest BCUT2D eigenvalue weighted by Gasteiger charge is -2.13. The molecule has 1 atom stereocenters. The largest absolute Gasteiger partial charge is 0.308 e. The van der Waals surface area contributed by atoms with Gasteiger partial charge >= 0.3 is 0 Å². The van der Waals surface area contributed by atoms with Crippen LogP contribution in [0.4, 0.5) is 4.39 Å². The van der Waals surface area contributed by atoms with Crippen molar-refractivity contribution in [1.29, 1.82) is 0 Å². The number of hydrogen-bond acceptors (Lipinski definition) is 4. The van der Waals surface area contributed by atoms with Gasteiger partial charge in [-0.3, -0.25) is 0 Å². The number of halogens is 1. The normalized spacial score (nSPS) is 12.7. The molecule has 5 nitrogen and oxygen atoms in total. The van der Waals surface area contributed by atoms with Crippen molar-refractivity contribution in [2.45, 2.75) is 26.8 Å². The Hall–Kier alpha value is -1.82. The lowest BCUT2D eigenvalue weighted by atomic mass is 10.2. The second kappa shape index (κ2) is 5.22. The van der Waals surface area contributed by atoms with Gasteiger partial charge in [-0.2, -0.15) is 4.68 Å². The monoisotopic (exact) mass is 249 g/mol. The zero-order valence-electron chi connectivity index (χ0n) is 10.7. The molecule has 0 radical (unpaired) electrons. The van der Waals surface area contributed by atoms with Crippen molar-refractivity contribution < 1.29 is 4.39 Å². The number of nitrogens with one attached hydrogen (secondary N) is 1. The molecule has 1 aromatic carbocycles. The van der Waals surface area contributed by atoms with E-state index < -0.39 is 0 Å². The van der Waals surface area contributed by atoms with Gasteiger partial charge < -0.3 is 5.32 Å². The van der Waals surface area contributed by atoms with Gasteiger partial charge in [0.05, 0.1) is 11.7 Å². The molecule has 1 heterocycles. The van der Waals surface area contributed by atoms with Crippen LogP contribution < -0.4 is 5.32 Å². The number of aryl methyl sites for hydroxylation is 1. The van der Waals surface area contributed by atoms with Crippen LogP contribution in [0.1, 0.15) is 31.3 Å². The Kier molecular flexibility index (Phi) is 3.66. The minimum atomic E-state index is -0.298. The number of tetrazole rings is 1. The molecule has 0 amide bonds. The molecular weight excluding hydrogens is 233 g/mol. The van der Waals surface area contributed by atoms with Crippen LogP contribution in [-0.2, 0) is 0 Å². The summed E-state index contributed by atoms with van der Waals surface area (Å²) in [7, 11) is 0. The first-order valence-electron chi connectivity index (χ1n) is 5.91. The van der Waals surface area contributed by atoms with Gasteiger partial charge in [0, 0.05) is 0 Å². The number of hydrogen-bond donors (Lipinski definition) is 1. The van der Waals surface area contributed by atoms with Crippen LogP contribution >= 0.6 is 0 Å². The van der Waals surface area contributed by atoms with E-state index in [2.05, 4.69) is 20.8 Å². The predicted octanol–water partition coefficient (Wildman–Crippen LogP) is 1.78. The molecule has 18 heavy (non-hydrogen) atoms. The van der Waals surface area contributed by atoms with E-state index in [1.165, 1.54) is 12.1 Å². The van der Waals surface area contributed by atoms with Gasteiger partial charge in [-0.05, 0) is 48.5 Å². The molecule has 96 valence electrons. The lowest BCUT2D eigenvalue weighted by molar-refractivity contribution is 0.549. The summed E-state index contributed by atoms with van der Waals surface area (Å²) in [6, 6.07) is 4.59. The highest BCUT2D eigenvalue weighted by molar-refractivity contribution is 5.40. The average Bonchev–Trinajstić information content (AvgIpc) is 2.81. The third kappa shape index (κ3) is 2.38. The molecule has 0 bridgehead atoms.